The molecule has 0 amide bonds. The molecule has 6 nitrogen and oxygen atoms in total. The lowest BCUT2D eigenvalue weighted by Crippen LogP contribution is -2.22. The van der Waals surface area contributed by atoms with Crippen LogP contribution in [0.5, 0.6) is 11.5 Å². The first-order chi connectivity index (χ1) is 11.8. The predicted molar refractivity (Wildman–Crippen MR) is 85.8 cm³/mol. The van der Waals surface area contributed by atoms with Gasteiger partial charge in [0.1, 0.15) is 13.2 Å². The molecule has 1 aliphatic carbocycles. The van der Waals surface area contributed by atoms with Gasteiger partial charge in [-0.2, -0.15) is 0 Å². The third kappa shape index (κ3) is 3.38. The first-order valence-electron chi connectivity index (χ1n) is 8.60. The molecule has 0 saturated heterocycles. The Morgan fingerprint density at radius 3 is 2.92 bits per heavy atom. The molecule has 0 bridgehead atoms. The van der Waals surface area contributed by atoms with Crippen molar-refractivity contribution in [2.24, 2.45) is 5.92 Å². The van der Waals surface area contributed by atoms with Crippen molar-refractivity contribution in [1.29, 1.82) is 0 Å². The molecule has 4 rings (SSSR count). The molecule has 0 unspecified atom stereocenters. The SMILES string of the molecule is C[C@@H]1CCC[C@@H](OCc2nnc([C@@H]3COc4ccccc4O3)o2)C1. The molecular formula is C18H22N2O4. The first-order valence-corrected chi connectivity index (χ1v) is 8.60. The van der Waals surface area contributed by atoms with Crippen molar-refractivity contribution in [2.45, 2.75) is 51.4 Å². The number of rotatable bonds is 4. The molecule has 2 aromatic rings. The zero-order valence-corrected chi connectivity index (χ0v) is 13.8. The Balaban J connectivity index is 1.35. The minimum Gasteiger partial charge on any atom is -0.485 e. The van der Waals surface area contributed by atoms with Gasteiger partial charge in [-0.25, -0.2) is 0 Å². The van der Waals surface area contributed by atoms with Crippen LogP contribution in [0.2, 0.25) is 0 Å². The topological polar surface area (TPSA) is 66.6 Å². The van der Waals surface area contributed by atoms with Crippen LogP contribution in [0, 0.1) is 5.92 Å². The van der Waals surface area contributed by atoms with Crippen molar-refractivity contribution in [3.05, 3.63) is 36.0 Å². The van der Waals surface area contributed by atoms with Gasteiger partial charge in [-0.05, 0) is 30.9 Å². The van der Waals surface area contributed by atoms with Gasteiger partial charge < -0.3 is 18.6 Å². The van der Waals surface area contributed by atoms with Crippen molar-refractivity contribution < 1.29 is 18.6 Å². The fourth-order valence-electron chi connectivity index (χ4n) is 3.32. The van der Waals surface area contributed by atoms with Crippen LogP contribution < -0.4 is 9.47 Å². The third-order valence-electron chi connectivity index (χ3n) is 4.60. The summed E-state index contributed by atoms with van der Waals surface area (Å²) in [5.41, 5.74) is 0. The van der Waals surface area contributed by atoms with Crippen molar-refractivity contribution in [1.82, 2.24) is 10.2 Å². The maximum Gasteiger partial charge on any atom is 0.260 e. The fourth-order valence-corrected chi connectivity index (χ4v) is 3.32. The molecule has 24 heavy (non-hydrogen) atoms. The smallest absolute Gasteiger partial charge is 0.260 e. The molecule has 0 spiro atoms. The van der Waals surface area contributed by atoms with Gasteiger partial charge in [0, 0.05) is 0 Å². The van der Waals surface area contributed by atoms with Crippen LogP contribution in [0.15, 0.2) is 28.7 Å². The number of nitrogens with zero attached hydrogens (tertiary/aromatic N) is 2. The molecule has 1 aromatic heterocycles. The molecule has 2 aliphatic rings. The Morgan fingerprint density at radius 1 is 1.17 bits per heavy atom. The number of benzene rings is 1. The summed E-state index contributed by atoms with van der Waals surface area (Å²) >= 11 is 0. The summed E-state index contributed by atoms with van der Waals surface area (Å²) in [6, 6.07) is 7.57. The summed E-state index contributed by atoms with van der Waals surface area (Å²) < 4.78 is 23.2. The van der Waals surface area contributed by atoms with Crippen LogP contribution in [-0.4, -0.2) is 22.9 Å². The summed E-state index contributed by atoms with van der Waals surface area (Å²) in [5, 5.41) is 8.16. The molecule has 2 heterocycles. The number of hydrogen-bond donors (Lipinski definition) is 0. The van der Waals surface area contributed by atoms with Crippen LogP contribution in [0.1, 0.15) is 50.5 Å². The second kappa shape index (κ2) is 6.81. The van der Waals surface area contributed by atoms with E-state index in [4.69, 9.17) is 18.6 Å². The zero-order valence-electron chi connectivity index (χ0n) is 13.8. The van der Waals surface area contributed by atoms with Crippen LogP contribution >= 0.6 is 0 Å². The van der Waals surface area contributed by atoms with E-state index in [0.717, 1.165) is 24.5 Å². The van der Waals surface area contributed by atoms with Crippen LogP contribution in [0.3, 0.4) is 0 Å². The second-order valence-electron chi connectivity index (χ2n) is 6.60. The average molecular weight is 330 g/mol. The van der Waals surface area contributed by atoms with E-state index in [1.807, 2.05) is 24.3 Å². The zero-order chi connectivity index (χ0) is 16.4. The van der Waals surface area contributed by atoms with E-state index >= 15 is 0 Å². The summed E-state index contributed by atoms with van der Waals surface area (Å²) in [7, 11) is 0. The highest BCUT2D eigenvalue weighted by atomic mass is 16.6. The molecule has 6 heteroatoms. The number of hydrogen-bond acceptors (Lipinski definition) is 6. The highest BCUT2D eigenvalue weighted by molar-refractivity contribution is 5.40. The molecule has 1 saturated carbocycles. The monoisotopic (exact) mass is 330 g/mol. The van der Waals surface area contributed by atoms with Gasteiger partial charge in [0.15, 0.2) is 11.5 Å². The highest BCUT2D eigenvalue weighted by Crippen LogP contribution is 2.35. The predicted octanol–water partition coefficient (Wildman–Crippen LogP) is 3.68. The molecule has 1 fully saturated rings. The summed E-state index contributed by atoms with van der Waals surface area (Å²) in [4.78, 5) is 0. The summed E-state index contributed by atoms with van der Waals surface area (Å²) in [5.74, 6) is 3.09. The maximum absolute atomic E-state index is 5.93. The number of fused-ring (bicyclic) bond motifs is 1. The Bertz CT molecular complexity index is 687. The van der Waals surface area contributed by atoms with E-state index < -0.39 is 0 Å². The summed E-state index contributed by atoms with van der Waals surface area (Å²) in [6.45, 7) is 2.99. The van der Waals surface area contributed by atoms with E-state index in [9.17, 15) is 0 Å². The molecule has 0 N–H and O–H groups in total. The van der Waals surface area contributed by atoms with Crippen molar-refractivity contribution in [3.8, 4) is 11.5 Å². The second-order valence-corrected chi connectivity index (χ2v) is 6.60. The minimum atomic E-state index is -0.379. The van der Waals surface area contributed by atoms with Gasteiger partial charge in [-0.3, -0.25) is 0 Å². The molecular weight excluding hydrogens is 308 g/mol. The van der Waals surface area contributed by atoms with Crippen LogP contribution in [-0.2, 0) is 11.3 Å². The molecule has 128 valence electrons. The lowest BCUT2D eigenvalue weighted by Gasteiger charge is -2.26. The van der Waals surface area contributed by atoms with Crippen LogP contribution in [0.25, 0.3) is 0 Å². The number of ether oxygens (including phenoxy) is 3. The van der Waals surface area contributed by atoms with E-state index in [-0.39, 0.29) is 6.10 Å². The number of para-hydroxylation sites is 2. The van der Waals surface area contributed by atoms with E-state index in [1.54, 1.807) is 0 Å². The van der Waals surface area contributed by atoms with E-state index in [1.165, 1.54) is 12.8 Å². The lowest BCUT2D eigenvalue weighted by atomic mass is 9.89. The Morgan fingerprint density at radius 2 is 2.04 bits per heavy atom. The van der Waals surface area contributed by atoms with Gasteiger partial charge in [-0.1, -0.05) is 31.9 Å². The van der Waals surface area contributed by atoms with Crippen molar-refractivity contribution in [2.75, 3.05) is 6.61 Å². The van der Waals surface area contributed by atoms with Crippen molar-refractivity contribution in [3.63, 3.8) is 0 Å². The quantitative estimate of drug-likeness (QED) is 0.852. The normalized spacial score (nSPS) is 26.3. The lowest BCUT2D eigenvalue weighted by molar-refractivity contribution is -0.00637. The molecule has 1 aromatic carbocycles. The molecule has 3 atom stereocenters. The molecule has 1 aliphatic heterocycles. The largest absolute Gasteiger partial charge is 0.485 e. The van der Waals surface area contributed by atoms with Gasteiger partial charge in [0.2, 0.25) is 12.0 Å². The van der Waals surface area contributed by atoms with Crippen LogP contribution in [0.4, 0.5) is 0 Å². The first kappa shape index (κ1) is 15.4. The minimum absolute atomic E-state index is 0.297. The molecule has 0 radical (unpaired) electrons. The Hall–Kier alpha value is -2.08. The third-order valence-corrected chi connectivity index (χ3v) is 4.60. The van der Waals surface area contributed by atoms with Gasteiger partial charge in [-0.15, -0.1) is 10.2 Å². The fraction of sp³-hybridized carbons (Fsp3) is 0.556. The maximum atomic E-state index is 5.93. The van der Waals surface area contributed by atoms with Gasteiger partial charge in [0.05, 0.1) is 6.10 Å². The highest BCUT2D eigenvalue weighted by Gasteiger charge is 2.27. The average Bonchev–Trinajstić information content (AvgIpc) is 3.09. The van der Waals surface area contributed by atoms with Crippen molar-refractivity contribution >= 4 is 0 Å². The Labute approximate surface area is 141 Å². The number of aromatic nitrogens is 2. The van der Waals surface area contributed by atoms with E-state index in [0.29, 0.717) is 36.8 Å². The van der Waals surface area contributed by atoms with Gasteiger partial charge >= 0.3 is 0 Å². The summed E-state index contributed by atoms with van der Waals surface area (Å²) in [6.07, 6.45) is 4.67. The van der Waals surface area contributed by atoms with E-state index in [2.05, 4.69) is 17.1 Å². The van der Waals surface area contributed by atoms with Gasteiger partial charge in [0.25, 0.3) is 5.89 Å². The standard InChI is InChI=1S/C18H22N2O4/c1-12-5-4-6-13(9-12)21-11-17-19-20-18(24-17)16-10-22-14-7-2-3-8-15(14)23-16/h2-3,7-8,12-13,16H,4-6,9-11H2,1H3/t12-,13-,16+/m1/s1. The Kier molecular flexibility index (Phi) is 4.38.